The number of rotatable bonds is 5. The van der Waals surface area contributed by atoms with Crippen molar-refractivity contribution in [2.45, 2.75) is 45.4 Å². The summed E-state index contributed by atoms with van der Waals surface area (Å²) in [7, 11) is 0. The molecular formula is C20H31ClN2O2. The molecule has 1 unspecified atom stereocenters. The maximum Gasteiger partial charge on any atom is 0.223 e. The predicted octanol–water partition coefficient (Wildman–Crippen LogP) is 3.29. The van der Waals surface area contributed by atoms with Gasteiger partial charge in [-0.2, -0.15) is 0 Å². The Morgan fingerprint density at radius 3 is 2.64 bits per heavy atom. The summed E-state index contributed by atoms with van der Waals surface area (Å²) in [5.74, 6) is 1.35. The molecule has 1 aliphatic carbocycles. The zero-order valence-corrected chi connectivity index (χ0v) is 16.4. The molecule has 5 heteroatoms. The molecule has 1 saturated carbocycles. The molecule has 1 amide bonds. The second kappa shape index (κ2) is 7.96. The third-order valence-corrected chi connectivity index (χ3v) is 5.46. The second-order valence-electron chi connectivity index (χ2n) is 8.25. The molecule has 0 aromatic heterocycles. The van der Waals surface area contributed by atoms with Crippen molar-refractivity contribution in [3.8, 4) is 5.75 Å². The van der Waals surface area contributed by atoms with E-state index in [0.717, 1.165) is 38.1 Å². The minimum atomic E-state index is 0. The van der Waals surface area contributed by atoms with Crippen LogP contribution in [0.15, 0.2) is 24.3 Å². The molecule has 140 valence electrons. The molecule has 2 fully saturated rings. The van der Waals surface area contributed by atoms with Crippen molar-refractivity contribution >= 4 is 18.3 Å². The van der Waals surface area contributed by atoms with E-state index in [1.165, 1.54) is 5.56 Å². The van der Waals surface area contributed by atoms with E-state index in [9.17, 15) is 4.79 Å². The van der Waals surface area contributed by atoms with Crippen LogP contribution in [0.3, 0.4) is 0 Å². The van der Waals surface area contributed by atoms with Gasteiger partial charge in [-0.3, -0.25) is 4.79 Å². The van der Waals surface area contributed by atoms with Crippen molar-refractivity contribution in [1.29, 1.82) is 0 Å². The van der Waals surface area contributed by atoms with Crippen LogP contribution in [0.1, 0.15) is 45.6 Å². The molecule has 25 heavy (non-hydrogen) atoms. The van der Waals surface area contributed by atoms with Gasteiger partial charge in [0.25, 0.3) is 0 Å². The van der Waals surface area contributed by atoms with E-state index >= 15 is 0 Å². The smallest absolute Gasteiger partial charge is 0.223 e. The minimum absolute atomic E-state index is 0. The number of hydrogen-bond acceptors (Lipinski definition) is 3. The summed E-state index contributed by atoms with van der Waals surface area (Å²) in [6.45, 7) is 9.74. The number of benzene rings is 1. The highest BCUT2D eigenvalue weighted by Crippen LogP contribution is 2.58. The molecule has 1 aliphatic heterocycles. The van der Waals surface area contributed by atoms with Gasteiger partial charge >= 0.3 is 0 Å². The van der Waals surface area contributed by atoms with Gasteiger partial charge in [-0.05, 0) is 54.8 Å². The fraction of sp³-hybridized carbons (Fsp3) is 0.650. The first-order valence-electron chi connectivity index (χ1n) is 9.13. The summed E-state index contributed by atoms with van der Waals surface area (Å²) in [5, 5.41) is 6.44. The van der Waals surface area contributed by atoms with Gasteiger partial charge in [-0.15, -0.1) is 12.4 Å². The molecule has 1 spiro atoms. The van der Waals surface area contributed by atoms with Crippen molar-refractivity contribution in [3.63, 3.8) is 0 Å². The normalized spacial score (nSPS) is 21.3. The molecule has 2 aliphatic rings. The summed E-state index contributed by atoms with van der Waals surface area (Å²) >= 11 is 0. The second-order valence-corrected chi connectivity index (χ2v) is 8.25. The Hall–Kier alpha value is -1.26. The maximum absolute atomic E-state index is 12.3. The van der Waals surface area contributed by atoms with E-state index in [1.807, 2.05) is 18.2 Å². The first-order chi connectivity index (χ1) is 11.4. The highest BCUT2D eigenvalue weighted by atomic mass is 35.5. The zero-order valence-electron chi connectivity index (χ0n) is 15.6. The van der Waals surface area contributed by atoms with Crippen molar-refractivity contribution < 1.29 is 9.53 Å². The molecule has 1 atom stereocenters. The Bertz CT molecular complexity index is 592. The molecule has 3 rings (SSSR count). The van der Waals surface area contributed by atoms with Crippen LogP contribution in [0.2, 0.25) is 0 Å². The fourth-order valence-corrected chi connectivity index (χ4v) is 3.87. The Labute approximate surface area is 157 Å². The monoisotopic (exact) mass is 366 g/mol. The van der Waals surface area contributed by atoms with E-state index < -0.39 is 0 Å². The Morgan fingerprint density at radius 2 is 1.96 bits per heavy atom. The largest absolute Gasteiger partial charge is 0.491 e. The van der Waals surface area contributed by atoms with Gasteiger partial charge in [0, 0.05) is 5.92 Å². The van der Waals surface area contributed by atoms with Crippen molar-refractivity contribution in [3.05, 3.63) is 29.8 Å². The van der Waals surface area contributed by atoms with E-state index in [-0.39, 0.29) is 29.6 Å². The van der Waals surface area contributed by atoms with Gasteiger partial charge < -0.3 is 15.4 Å². The van der Waals surface area contributed by atoms with Gasteiger partial charge in [0.2, 0.25) is 5.91 Å². The quantitative estimate of drug-likeness (QED) is 0.786. The molecule has 1 heterocycles. The molecular weight excluding hydrogens is 336 g/mol. The van der Waals surface area contributed by atoms with Crippen LogP contribution in [-0.4, -0.2) is 32.1 Å². The van der Waals surface area contributed by atoms with E-state index in [0.29, 0.717) is 18.6 Å². The maximum atomic E-state index is 12.3. The molecule has 1 aromatic carbocycles. The molecule has 2 N–H and O–H groups in total. The number of halogens is 1. The number of carbonyl (C=O) groups excluding carboxylic acids is 1. The summed E-state index contributed by atoms with van der Waals surface area (Å²) in [6, 6.07) is 8.15. The van der Waals surface area contributed by atoms with Gasteiger partial charge in [-0.1, -0.05) is 39.0 Å². The number of amides is 1. The molecule has 0 radical (unpaired) electrons. The van der Waals surface area contributed by atoms with Crippen LogP contribution in [0.4, 0.5) is 0 Å². The third kappa shape index (κ3) is 4.68. The summed E-state index contributed by atoms with van der Waals surface area (Å²) < 4.78 is 5.93. The number of piperidine rings is 1. The highest BCUT2D eigenvalue weighted by Gasteiger charge is 2.57. The zero-order chi connectivity index (χ0) is 17.2. The molecule has 4 nitrogen and oxygen atoms in total. The highest BCUT2D eigenvalue weighted by molar-refractivity contribution is 5.85. The van der Waals surface area contributed by atoms with Crippen molar-refractivity contribution in [1.82, 2.24) is 10.6 Å². The third-order valence-electron chi connectivity index (χ3n) is 5.46. The van der Waals surface area contributed by atoms with Crippen molar-refractivity contribution in [2.24, 2.45) is 11.3 Å². The standard InChI is InChI=1S/C20H30N2O2.ClH/c1-19(2,3)15-6-4-5-7-17(15)24-13-12-22-18(23)16-14-20(16)8-10-21-11-9-20;/h4-7,16,21H,8-14H2,1-3H3,(H,22,23);1H. The first-order valence-corrected chi connectivity index (χ1v) is 9.13. The van der Waals surface area contributed by atoms with Gasteiger partial charge in [0.15, 0.2) is 0 Å². The Morgan fingerprint density at radius 1 is 1.28 bits per heavy atom. The van der Waals surface area contributed by atoms with E-state index in [1.54, 1.807) is 0 Å². The molecule has 1 aromatic rings. The Balaban J connectivity index is 0.00000225. The summed E-state index contributed by atoms with van der Waals surface area (Å²) in [5.41, 5.74) is 1.55. The number of para-hydroxylation sites is 1. The van der Waals surface area contributed by atoms with E-state index in [4.69, 9.17) is 4.74 Å². The number of nitrogens with one attached hydrogen (secondary N) is 2. The lowest BCUT2D eigenvalue weighted by atomic mass is 9.86. The first kappa shape index (κ1) is 20.1. The van der Waals surface area contributed by atoms with Crippen LogP contribution >= 0.6 is 12.4 Å². The van der Waals surface area contributed by atoms with Gasteiger partial charge in [0.1, 0.15) is 12.4 Å². The van der Waals surface area contributed by atoms with Crippen LogP contribution in [0.25, 0.3) is 0 Å². The predicted molar refractivity (Wildman–Crippen MR) is 104 cm³/mol. The topological polar surface area (TPSA) is 50.4 Å². The van der Waals surface area contributed by atoms with E-state index in [2.05, 4.69) is 37.5 Å². The lowest BCUT2D eigenvalue weighted by Crippen LogP contribution is -2.35. The fourth-order valence-electron chi connectivity index (χ4n) is 3.87. The van der Waals surface area contributed by atoms with Crippen LogP contribution in [0.5, 0.6) is 5.75 Å². The summed E-state index contributed by atoms with van der Waals surface area (Å²) in [6.07, 6.45) is 3.34. The molecule has 1 saturated heterocycles. The Kier molecular flexibility index (Phi) is 6.39. The number of ether oxygens (including phenoxy) is 1. The summed E-state index contributed by atoms with van der Waals surface area (Å²) in [4.78, 5) is 12.3. The minimum Gasteiger partial charge on any atom is -0.491 e. The van der Waals surface area contributed by atoms with Crippen LogP contribution < -0.4 is 15.4 Å². The van der Waals surface area contributed by atoms with Crippen LogP contribution in [-0.2, 0) is 10.2 Å². The lowest BCUT2D eigenvalue weighted by Gasteiger charge is -2.23. The average Bonchev–Trinajstić information content (AvgIpc) is 3.24. The molecule has 0 bridgehead atoms. The lowest BCUT2D eigenvalue weighted by molar-refractivity contribution is -0.123. The number of hydrogen-bond donors (Lipinski definition) is 2. The average molecular weight is 367 g/mol. The SMILES string of the molecule is CC(C)(C)c1ccccc1OCCNC(=O)C1CC12CCNCC2.Cl. The number of carbonyl (C=O) groups is 1. The van der Waals surface area contributed by atoms with Gasteiger partial charge in [0.05, 0.1) is 6.54 Å². The van der Waals surface area contributed by atoms with Crippen molar-refractivity contribution in [2.75, 3.05) is 26.2 Å². The van der Waals surface area contributed by atoms with Crippen LogP contribution in [0, 0.1) is 11.3 Å². The van der Waals surface area contributed by atoms with Gasteiger partial charge in [-0.25, -0.2) is 0 Å².